The summed E-state index contributed by atoms with van der Waals surface area (Å²) >= 11 is 0. The van der Waals surface area contributed by atoms with Crippen molar-refractivity contribution in [3.8, 4) is 0 Å². The van der Waals surface area contributed by atoms with E-state index < -0.39 is 0 Å². The van der Waals surface area contributed by atoms with Crippen LogP contribution in [0.4, 0.5) is 0 Å². The first-order valence-electron chi connectivity index (χ1n) is 15.1. The van der Waals surface area contributed by atoms with Gasteiger partial charge in [-0.1, -0.05) is 71.6 Å². The van der Waals surface area contributed by atoms with E-state index in [2.05, 4.69) is 26.2 Å². The summed E-state index contributed by atoms with van der Waals surface area (Å²) in [5, 5.41) is 0. The van der Waals surface area contributed by atoms with Gasteiger partial charge in [-0.3, -0.25) is 0 Å². The van der Waals surface area contributed by atoms with E-state index in [0.29, 0.717) is 11.8 Å². The zero-order valence-electron chi connectivity index (χ0n) is 21.9. The Morgan fingerprint density at radius 3 is 1.76 bits per heavy atom. The molecule has 3 aliphatic carbocycles. The summed E-state index contributed by atoms with van der Waals surface area (Å²) in [7, 11) is 0. The van der Waals surface area contributed by atoms with E-state index in [1.165, 1.54) is 128 Å². The van der Waals surface area contributed by atoms with Crippen LogP contribution in [0, 0.1) is 23.7 Å². The van der Waals surface area contributed by atoms with Gasteiger partial charge in [0.2, 0.25) is 0 Å². The highest BCUT2D eigenvalue weighted by atomic mass is 14.9. The van der Waals surface area contributed by atoms with Crippen molar-refractivity contribution in [1.82, 2.24) is 9.97 Å². The van der Waals surface area contributed by atoms with Crippen LogP contribution in [0.2, 0.25) is 0 Å². The van der Waals surface area contributed by atoms with Crippen LogP contribution in [0.1, 0.15) is 159 Å². The molecule has 4 rings (SSSR count). The Kier molecular flexibility index (Phi) is 10.1. The third-order valence-corrected chi connectivity index (χ3v) is 10.00. The highest BCUT2D eigenvalue weighted by molar-refractivity contribution is 5.14. The van der Waals surface area contributed by atoms with E-state index in [1.54, 1.807) is 0 Å². The predicted octanol–water partition coefficient (Wildman–Crippen LogP) is 9.60. The molecule has 2 heteroatoms. The Balaban J connectivity index is 1.17. The maximum Gasteiger partial charge on any atom is 0.131 e. The summed E-state index contributed by atoms with van der Waals surface area (Å²) in [6.07, 6.45) is 31.4. The lowest BCUT2D eigenvalue weighted by Crippen LogP contribution is -2.25. The normalized spacial score (nSPS) is 33.2. The summed E-state index contributed by atoms with van der Waals surface area (Å²) < 4.78 is 0. The fourth-order valence-corrected chi connectivity index (χ4v) is 7.51. The number of nitrogens with zero attached hydrogens (tertiary/aromatic N) is 2. The first kappa shape index (κ1) is 25.2. The van der Waals surface area contributed by atoms with Crippen LogP contribution in [0.5, 0.6) is 0 Å². The highest BCUT2D eigenvalue weighted by Gasteiger charge is 2.31. The van der Waals surface area contributed by atoms with E-state index in [4.69, 9.17) is 9.97 Å². The van der Waals surface area contributed by atoms with Gasteiger partial charge >= 0.3 is 0 Å². The van der Waals surface area contributed by atoms with E-state index in [1.807, 2.05) is 0 Å². The number of hydrogen-bond donors (Lipinski definition) is 0. The molecule has 0 aromatic carbocycles. The molecule has 1 aromatic heterocycles. The van der Waals surface area contributed by atoms with Crippen LogP contribution in [-0.2, 0) is 0 Å². The second kappa shape index (κ2) is 13.2. The molecule has 0 atom stereocenters. The minimum atomic E-state index is 0.615. The van der Waals surface area contributed by atoms with Gasteiger partial charge in [0.15, 0.2) is 0 Å². The van der Waals surface area contributed by atoms with E-state index in [-0.39, 0.29) is 0 Å². The molecular formula is C31H52N2. The van der Waals surface area contributed by atoms with Gasteiger partial charge in [0.05, 0.1) is 0 Å². The van der Waals surface area contributed by atoms with Gasteiger partial charge in [-0.15, -0.1) is 0 Å². The molecule has 0 aliphatic heterocycles. The minimum Gasteiger partial charge on any atom is -0.241 e. The van der Waals surface area contributed by atoms with E-state index in [9.17, 15) is 0 Å². The second-order valence-corrected chi connectivity index (χ2v) is 12.1. The molecule has 0 saturated heterocycles. The van der Waals surface area contributed by atoms with Gasteiger partial charge in [-0.25, -0.2) is 9.97 Å². The Labute approximate surface area is 205 Å². The molecule has 3 aliphatic rings. The molecule has 2 nitrogen and oxygen atoms in total. The largest absolute Gasteiger partial charge is 0.241 e. The molecular weight excluding hydrogens is 400 g/mol. The van der Waals surface area contributed by atoms with Gasteiger partial charge < -0.3 is 0 Å². The molecule has 3 saturated carbocycles. The molecule has 1 heterocycles. The summed E-state index contributed by atoms with van der Waals surface area (Å²) in [4.78, 5) is 9.83. The third kappa shape index (κ3) is 7.28. The quantitative estimate of drug-likeness (QED) is 0.330. The van der Waals surface area contributed by atoms with Crippen LogP contribution in [0.3, 0.4) is 0 Å². The van der Waals surface area contributed by atoms with Crippen molar-refractivity contribution < 1.29 is 0 Å². The van der Waals surface area contributed by atoms with Gasteiger partial charge in [0.25, 0.3) is 0 Å². The van der Waals surface area contributed by atoms with Gasteiger partial charge in [-0.05, 0) is 99.4 Å². The number of rotatable bonds is 10. The predicted molar refractivity (Wildman–Crippen MR) is 141 cm³/mol. The smallest absolute Gasteiger partial charge is 0.131 e. The topological polar surface area (TPSA) is 25.8 Å². The molecule has 186 valence electrons. The lowest BCUT2D eigenvalue weighted by atomic mass is 9.68. The fraction of sp³-hybridized carbons (Fsp3) is 0.871. The molecule has 33 heavy (non-hydrogen) atoms. The lowest BCUT2D eigenvalue weighted by molar-refractivity contribution is 0.158. The molecule has 0 N–H and O–H groups in total. The Hall–Kier alpha value is -0.920. The van der Waals surface area contributed by atoms with E-state index in [0.717, 1.165) is 29.5 Å². The monoisotopic (exact) mass is 452 g/mol. The summed E-state index contributed by atoms with van der Waals surface area (Å²) in [6, 6.07) is 0. The Bertz CT molecular complexity index is 644. The molecule has 1 aromatic rings. The van der Waals surface area contributed by atoms with E-state index >= 15 is 0 Å². The number of unbranched alkanes of at least 4 members (excludes halogenated alkanes) is 4. The van der Waals surface area contributed by atoms with Crippen molar-refractivity contribution in [3.05, 3.63) is 23.8 Å². The standard InChI is InChI=1S/C31H52N2/c1-3-5-6-7-8-9-25-12-16-29(17-13-25)31-32-22-30(23-33-31)28-20-18-27(19-21-28)26-14-10-24(4-2)11-15-26/h22-29H,3-21H2,1-2H3/t24-,25-,26-,27-,28-,29-. The SMILES string of the molecule is CCCCCCC[C@H]1CC[C@H](c2ncc([C@H]3CC[C@H]([C@H]4CC[C@H](CC)CC4)CC3)cn2)CC1. The van der Waals surface area contributed by atoms with Crippen molar-refractivity contribution >= 4 is 0 Å². The zero-order valence-corrected chi connectivity index (χ0v) is 21.9. The summed E-state index contributed by atoms with van der Waals surface area (Å²) in [5.41, 5.74) is 1.42. The van der Waals surface area contributed by atoms with Crippen LogP contribution in [0.15, 0.2) is 12.4 Å². The molecule has 0 bridgehead atoms. The average Bonchev–Trinajstić information content (AvgIpc) is 2.89. The second-order valence-electron chi connectivity index (χ2n) is 12.1. The maximum absolute atomic E-state index is 4.91. The number of aromatic nitrogens is 2. The first-order valence-corrected chi connectivity index (χ1v) is 15.1. The summed E-state index contributed by atoms with van der Waals surface area (Å²) in [5.74, 6) is 6.49. The zero-order chi connectivity index (χ0) is 22.9. The third-order valence-electron chi connectivity index (χ3n) is 10.00. The van der Waals surface area contributed by atoms with Crippen molar-refractivity contribution in [3.63, 3.8) is 0 Å². The lowest BCUT2D eigenvalue weighted by Gasteiger charge is -2.37. The maximum atomic E-state index is 4.91. The molecule has 3 fully saturated rings. The molecule has 0 radical (unpaired) electrons. The van der Waals surface area contributed by atoms with Crippen molar-refractivity contribution in [2.75, 3.05) is 0 Å². The van der Waals surface area contributed by atoms with Crippen LogP contribution < -0.4 is 0 Å². The van der Waals surface area contributed by atoms with Crippen LogP contribution >= 0.6 is 0 Å². The Morgan fingerprint density at radius 1 is 0.606 bits per heavy atom. The average molecular weight is 453 g/mol. The van der Waals surface area contributed by atoms with Crippen molar-refractivity contribution in [1.29, 1.82) is 0 Å². The fourth-order valence-electron chi connectivity index (χ4n) is 7.51. The summed E-state index contributed by atoms with van der Waals surface area (Å²) in [6.45, 7) is 4.69. The van der Waals surface area contributed by atoms with Gasteiger partial charge in [-0.2, -0.15) is 0 Å². The van der Waals surface area contributed by atoms with Crippen LogP contribution in [-0.4, -0.2) is 9.97 Å². The van der Waals surface area contributed by atoms with Gasteiger partial charge in [0, 0.05) is 18.3 Å². The molecule has 0 spiro atoms. The van der Waals surface area contributed by atoms with Crippen molar-refractivity contribution in [2.24, 2.45) is 23.7 Å². The highest BCUT2D eigenvalue weighted by Crippen LogP contribution is 2.44. The van der Waals surface area contributed by atoms with Gasteiger partial charge in [0.1, 0.15) is 5.82 Å². The van der Waals surface area contributed by atoms with Crippen LogP contribution in [0.25, 0.3) is 0 Å². The number of hydrogen-bond acceptors (Lipinski definition) is 2. The van der Waals surface area contributed by atoms with Crippen molar-refractivity contribution in [2.45, 2.75) is 148 Å². The minimum absolute atomic E-state index is 0.615. The molecule has 0 amide bonds. The molecule has 0 unspecified atom stereocenters. The first-order chi connectivity index (χ1) is 16.3. The Morgan fingerprint density at radius 2 is 1.15 bits per heavy atom.